The summed E-state index contributed by atoms with van der Waals surface area (Å²) in [5.74, 6) is 0. The molecule has 6 nitrogen and oxygen atoms in total. The Labute approximate surface area is 118 Å². The quantitative estimate of drug-likeness (QED) is 0.791. The molecule has 0 aliphatic heterocycles. The van der Waals surface area contributed by atoms with E-state index in [4.69, 9.17) is 0 Å². The van der Waals surface area contributed by atoms with E-state index in [1.165, 1.54) is 4.68 Å². The Balaban J connectivity index is 2.02. The number of hydrogen-bond acceptors (Lipinski definition) is 4. The van der Waals surface area contributed by atoms with Crippen LogP contribution in [0.5, 0.6) is 0 Å². The number of halogens is 1. The molecule has 2 aromatic rings. The maximum Gasteiger partial charge on any atom is 0.283 e. The van der Waals surface area contributed by atoms with Gasteiger partial charge in [-0.15, -0.1) is 6.58 Å². The highest BCUT2D eigenvalue weighted by molar-refractivity contribution is 9.10. The standard InChI is InChI=1S/C12H14BrN5O/c1-2-5-18-12(19)11(13)10(7-17-18)15-4-3-9-6-14-8-16-9/h2,6-8,15H,1,3-5H2,(H,14,16). The van der Waals surface area contributed by atoms with E-state index in [9.17, 15) is 4.79 Å². The van der Waals surface area contributed by atoms with E-state index in [0.717, 1.165) is 12.1 Å². The van der Waals surface area contributed by atoms with Gasteiger partial charge in [-0.1, -0.05) is 6.08 Å². The highest BCUT2D eigenvalue weighted by Crippen LogP contribution is 2.15. The van der Waals surface area contributed by atoms with Gasteiger partial charge in [0.1, 0.15) is 4.47 Å². The summed E-state index contributed by atoms with van der Waals surface area (Å²) in [5, 5.41) is 7.23. The van der Waals surface area contributed by atoms with Gasteiger partial charge in [0.25, 0.3) is 5.56 Å². The molecule has 0 bridgehead atoms. The molecule has 0 spiro atoms. The molecular weight excluding hydrogens is 310 g/mol. The molecule has 0 atom stereocenters. The molecule has 2 heterocycles. The summed E-state index contributed by atoms with van der Waals surface area (Å²) in [6.45, 7) is 4.67. The molecule has 0 aliphatic rings. The van der Waals surface area contributed by atoms with Crippen LogP contribution in [0.1, 0.15) is 5.69 Å². The van der Waals surface area contributed by atoms with Crippen molar-refractivity contribution in [2.75, 3.05) is 11.9 Å². The van der Waals surface area contributed by atoms with Crippen molar-refractivity contribution in [3.63, 3.8) is 0 Å². The number of imidazole rings is 1. The summed E-state index contributed by atoms with van der Waals surface area (Å²) in [6.07, 6.45) is 7.47. The second kappa shape index (κ2) is 6.33. The first kappa shape index (κ1) is 13.5. The zero-order chi connectivity index (χ0) is 13.7. The summed E-state index contributed by atoms with van der Waals surface area (Å²) in [6, 6.07) is 0. The molecule has 0 saturated heterocycles. The van der Waals surface area contributed by atoms with Crippen LogP contribution in [-0.4, -0.2) is 26.3 Å². The van der Waals surface area contributed by atoms with E-state index >= 15 is 0 Å². The van der Waals surface area contributed by atoms with Crippen molar-refractivity contribution in [3.05, 3.63) is 51.9 Å². The van der Waals surface area contributed by atoms with Crippen LogP contribution in [0.3, 0.4) is 0 Å². The van der Waals surface area contributed by atoms with Crippen molar-refractivity contribution in [1.82, 2.24) is 19.7 Å². The summed E-state index contributed by atoms with van der Waals surface area (Å²) >= 11 is 3.29. The molecule has 2 rings (SSSR count). The summed E-state index contributed by atoms with van der Waals surface area (Å²) < 4.78 is 1.82. The second-order valence-corrected chi connectivity index (χ2v) is 4.69. The molecule has 2 aromatic heterocycles. The lowest BCUT2D eigenvalue weighted by molar-refractivity contribution is 0.649. The SMILES string of the molecule is C=CCn1ncc(NCCc2cnc[nH]2)c(Br)c1=O. The van der Waals surface area contributed by atoms with Gasteiger partial charge < -0.3 is 10.3 Å². The monoisotopic (exact) mass is 323 g/mol. The maximum atomic E-state index is 11.9. The van der Waals surface area contributed by atoms with E-state index in [1.54, 1.807) is 24.8 Å². The van der Waals surface area contributed by atoms with Crippen LogP contribution in [0.25, 0.3) is 0 Å². The molecule has 0 fully saturated rings. The molecule has 0 unspecified atom stereocenters. The van der Waals surface area contributed by atoms with Crippen LogP contribution < -0.4 is 10.9 Å². The predicted octanol–water partition coefficient (Wildman–Crippen LogP) is 1.57. The smallest absolute Gasteiger partial charge is 0.283 e. The topological polar surface area (TPSA) is 75.6 Å². The van der Waals surface area contributed by atoms with Crippen molar-refractivity contribution in [2.45, 2.75) is 13.0 Å². The zero-order valence-corrected chi connectivity index (χ0v) is 11.9. The van der Waals surface area contributed by atoms with Gasteiger partial charge in [0.05, 0.1) is 24.8 Å². The maximum absolute atomic E-state index is 11.9. The van der Waals surface area contributed by atoms with Gasteiger partial charge in [-0.25, -0.2) is 9.67 Å². The first-order valence-corrected chi connectivity index (χ1v) is 6.59. The van der Waals surface area contributed by atoms with Crippen LogP contribution in [0.15, 0.2) is 40.6 Å². The Morgan fingerprint density at radius 3 is 3.05 bits per heavy atom. The van der Waals surface area contributed by atoms with Crippen LogP contribution in [0.4, 0.5) is 5.69 Å². The van der Waals surface area contributed by atoms with Gasteiger partial charge in [-0.2, -0.15) is 5.10 Å². The van der Waals surface area contributed by atoms with Gasteiger partial charge in [0.2, 0.25) is 0 Å². The molecular formula is C12H14BrN5O. The summed E-state index contributed by atoms with van der Waals surface area (Å²) in [4.78, 5) is 18.9. The van der Waals surface area contributed by atoms with Gasteiger partial charge >= 0.3 is 0 Å². The van der Waals surface area contributed by atoms with Gasteiger partial charge in [0, 0.05) is 24.9 Å². The molecule has 100 valence electrons. The number of nitrogens with zero attached hydrogens (tertiary/aromatic N) is 3. The van der Waals surface area contributed by atoms with E-state index in [0.29, 0.717) is 23.2 Å². The number of allylic oxidation sites excluding steroid dienone is 1. The molecule has 0 aromatic carbocycles. The Bertz CT molecular complexity index is 605. The lowest BCUT2D eigenvalue weighted by Crippen LogP contribution is -2.24. The minimum absolute atomic E-state index is 0.175. The lowest BCUT2D eigenvalue weighted by Gasteiger charge is -2.09. The van der Waals surface area contributed by atoms with Gasteiger partial charge in [0.15, 0.2) is 0 Å². The normalized spacial score (nSPS) is 10.4. The average molecular weight is 324 g/mol. The van der Waals surface area contributed by atoms with E-state index in [2.05, 4.69) is 42.9 Å². The number of H-pyrrole nitrogens is 1. The van der Waals surface area contributed by atoms with E-state index in [-0.39, 0.29) is 5.56 Å². The number of aromatic amines is 1. The summed E-state index contributed by atoms with van der Waals surface area (Å²) in [5.41, 5.74) is 1.55. The predicted molar refractivity (Wildman–Crippen MR) is 77.2 cm³/mol. The molecule has 0 amide bonds. The largest absolute Gasteiger partial charge is 0.382 e. The number of rotatable bonds is 6. The third-order valence-corrected chi connectivity index (χ3v) is 3.32. The van der Waals surface area contributed by atoms with Crippen molar-refractivity contribution >= 4 is 21.6 Å². The van der Waals surface area contributed by atoms with Crippen LogP contribution in [-0.2, 0) is 13.0 Å². The molecule has 19 heavy (non-hydrogen) atoms. The third-order valence-electron chi connectivity index (χ3n) is 2.55. The second-order valence-electron chi connectivity index (χ2n) is 3.90. The van der Waals surface area contributed by atoms with Gasteiger partial charge in [-0.05, 0) is 15.9 Å². The summed E-state index contributed by atoms with van der Waals surface area (Å²) in [7, 11) is 0. The molecule has 0 radical (unpaired) electrons. The fourth-order valence-electron chi connectivity index (χ4n) is 1.59. The third kappa shape index (κ3) is 3.31. The Kier molecular flexibility index (Phi) is 4.51. The minimum atomic E-state index is -0.175. The Morgan fingerprint density at radius 2 is 2.37 bits per heavy atom. The fourth-order valence-corrected chi connectivity index (χ4v) is 2.04. The Hall–Kier alpha value is -1.89. The first-order chi connectivity index (χ1) is 9.22. The number of nitrogens with one attached hydrogen (secondary N) is 2. The zero-order valence-electron chi connectivity index (χ0n) is 10.3. The fraction of sp³-hybridized carbons (Fsp3) is 0.250. The van der Waals surface area contributed by atoms with Crippen LogP contribution in [0, 0.1) is 0 Å². The highest BCUT2D eigenvalue weighted by Gasteiger charge is 2.07. The molecule has 0 aliphatic carbocycles. The van der Waals surface area contributed by atoms with E-state index in [1.807, 2.05) is 0 Å². The van der Waals surface area contributed by atoms with Gasteiger partial charge in [-0.3, -0.25) is 4.79 Å². The Morgan fingerprint density at radius 1 is 1.53 bits per heavy atom. The van der Waals surface area contributed by atoms with Crippen molar-refractivity contribution in [1.29, 1.82) is 0 Å². The lowest BCUT2D eigenvalue weighted by atomic mass is 10.3. The molecule has 2 N–H and O–H groups in total. The van der Waals surface area contributed by atoms with E-state index < -0.39 is 0 Å². The number of aromatic nitrogens is 4. The van der Waals surface area contributed by atoms with Crippen molar-refractivity contribution in [2.24, 2.45) is 0 Å². The van der Waals surface area contributed by atoms with Crippen molar-refractivity contribution in [3.8, 4) is 0 Å². The first-order valence-electron chi connectivity index (χ1n) is 5.80. The number of anilines is 1. The molecule has 7 heteroatoms. The number of hydrogen-bond donors (Lipinski definition) is 2. The minimum Gasteiger partial charge on any atom is -0.382 e. The average Bonchev–Trinajstić information content (AvgIpc) is 2.91. The van der Waals surface area contributed by atoms with Crippen molar-refractivity contribution < 1.29 is 0 Å². The van der Waals surface area contributed by atoms with Crippen LogP contribution >= 0.6 is 15.9 Å². The molecule has 0 saturated carbocycles. The highest BCUT2D eigenvalue weighted by atomic mass is 79.9. The van der Waals surface area contributed by atoms with Crippen LogP contribution in [0.2, 0.25) is 0 Å².